The van der Waals surface area contributed by atoms with Gasteiger partial charge in [0.1, 0.15) is 5.75 Å². The second kappa shape index (κ2) is 8.72. The van der Waals surface area contributed by atoms with Gasteiger partial charge in [0.05, 0.1) is 31.6 Å². The van der Waals surface area contributed by atoms with E-state index in [1.807, 2.05) is 19.1 Å². The molecule has 2 aromatic rings. The van der Waals surface area contributed by atoms with Crippen LogP contribution in [0.1, 0.15) is 11.1 Å². The monoisotopic (exact) mass is 404 g/mol. The van der Waals surface area contributed by atoms with Crippen LogP contribution in [0.5, 0.6) is 5.75 Å². The minimum Gasteiger partial charge on any atom is -0.497 e. The SMILES string of the molecule is COc1ccc(CC(=O)Nc2cc(S(=O)(=O)N3CCOCC3)ccc2C)cc1. The van der Waals surface area contributed by atoms with Crippen molar-refractivity contribution in [3.8, 4) is 5.75 Å². The van der Waals surface area contributed by atoms with E-state index in [0.29, 0.717) is 32.0 Å². The van der Waals surface area contributed by atoms with Gasteiger partial charge in [0.15, 0.2) is 0 Å². The highest BCUT2D eigenvalue weighted by molar-refractivity contribution is 7.89. The van der Waals surface area contributed by atoms with Gasteiger partial charge in [0.25, 0.3) is 0 Å². The largest absolute Gasteiger partial charge is 0.497 e. The molecule has 1 saturated heterocycles. The molecule has 8 heteroatoms. The van der Waals surface area contributed by atoms with Crippen molar-refractivity contribution in [2.75, 3.05) is 38.7 Å². The summed E-state index contributed by atoms with van der Waals surface area (Å²) in [5, 5.41) is 2.82. The Labute approximate surface area is 165 Å². The summed E-state index contributed by atoms with van der Waals surface area (Å²) in [6.07, 6.45) is 0.184. The average molecular weight is 404 g/mol. The molecule has 7 nitrogen and oxygen atoms in total. The van der Waals surface area contributed by atoms with Crippen molar-refractivity contribution in [1.29, 1.82) is 0 Å². The second-order valence-electron chi connectivity index (χ2n) is 6.57. The smallest absolute Gasteiger partial charge is 0.243 e. The summed E-state index contributed by atoms with van der Waals surface area (Å²) in [6, 6.07) is 12.0. The fourth-order valence-corrected chi connectivity index (χ4v) is 4.39. The molecule has 150 valence electrons. The van der Waals surface area contributed by atoms with E-state index in [2.05, 4.69) is 5.32 Å². The van der Waals surface area contributed by atoms with Gasteiger partial charge < -0.3 is 14.8 Å². The number of carbonyl (C=O) groups is 1. The number of carbonyl (C=O) groups excluding carboxylic acids is 1. The van der Waals surface area contributed by atoms with Crippen LogP contribution in [0.4, 0.5) is 5.69 Å². The molecule has 1 aliphatic heterocycles. The minimum atomic E-state index is -3.62. The van der Waals surface area contributed by atoms with E-state index in [9.17, 15) is 13.2 Å². The lowest BCUT2D eigenvalue weighted by Gasteiger charge is -2.26. The number of hydrogen-bond acceptors (Lipinski definition) is 5. The molecule has 1 aliphatic rings. The number of rotatable bonds is 6. The van der Waals surface area contributed by atoms with Crippen molar-refractivity contribution in [3.63, 3.8) is 0 Å². The average Bonchev–Trinajstić information content (AvgIpc) is 2.70. The lowest BCUT2D eigenvalue weighted by atomic mass is 10.1. The fourth-order valence-electron chi connectivity index (χ4n) is 2.96. The first-order valence-corrected chi connectivity index (χ1v) is 10.5. The first-order valence-electron chi connectivity index (χ1n) is 9.01. The topological polar surface area (TPSA) is 84.9 Å². The molecular weight excluding hydrogens is 380 g/mol. The normalized spacial score (nSPS) is 15.2. The number of benzene rings is 2. The van der Waals surface area contributed by atoms with Gasteiger partial charge in [-0.1, -0.05) is 18.2 Å². The molecule has 1 heterocycles. The zero-order valence-corrected chi connectivity index (χ0v) is 16.8. The Bertz CT molecular complexity index is 936. The Hall–Kier alpha value is -2.42. The summed E-state index contributed by atoms with van der Waals surface area (Å²) in [6.45, 7) is 3.26. The lowest BCUT2D eigenvalue weighted by molar-refractivity contribution is -0.115. The van der Waals surface area contributed by atoms with Crippen LogP contribution >= 0.6 is 0 Å². The quantitative estimate of drug-likeness (QED) is 0.798. The summed E-state index contributed by atoms with van der Waals surface area (Å²) in [5.74, 6) is 0.509. The van der Waals surface area contributed by atoms with Gasteiger partial charge in [-0.05, 0) is 42.3 Å². The Morgan fingerprint density at radius 3 is 2.46 bits per heavy atom. The Kier molecular flexibility index (Phi) is 6.33. The molecule has 1 fully saturated rings. The molecule has 0 spiro atoms. The van der Waals surface area contributed by atoms with Crippen molar-refractivity contribution < 1.29 is 22.7 Å². The molecule has 0 saturated carbocycles. The van der Waals surface area contributed by atoms with Crippen molar-refractivity contribution >= 4 is 21.6 Å². The number of nitrogens with one attached hydrogen (secondary N) is 1. The number of hydrogen-bond donors (Lipinski definition) is 1. The number of morpholine rings is 1. The van der Waals surface area contributed by atoms with Gasteiger partial charge >= 0.3 is 0 Å². The van der Waals surface area contributed by atoms with E-state index in [1.54, 1.807) is 31.4 Å². The van der Waals surface area contributed by atoms with Gasteiger partial charge in [0, 0.05) is 18.8 Å². The minimum absolute atomic E-state index is 0.166. The first-order chi connectivity index (χ1) is 13.4. The summed E-state index contributed by atoms with van der Waals surface area (Å²) >= 11 is 0. The Balaban J connectivity index is 1.74. The Morgan fingerprint density at radius 2 is 1.82 bits per heavy atom. The third-order valence-corrected chi connectivity index (χ3v) is 6.51. The molecular formula is C20H24N2O5S. The van der Waals surface area contributed by atoms with Crippen LogP contribution in [0.25, 0.3) is 0 Å². The molecule has 2 aromatic carbocycles. The Morgan fingerprint density at radius 1 is 1.14 bits per heavy atom. The van der Waals surface area contributed by atoms with E-state index in [1.165, 1.54) is 10.4 Å². The predicted molar refractivity (Wildman–Crippen MR) is 106 cm³/mol. The summed E-state index contributed by atoms with van der Waals surface area (Å²) in [4.78, 5) is 12.6. The van der Waals surface area contributed by atoms with Crippen LogP contribution in [-0.2, 0) is 26.0 Å². The molecule has 0 radical (unpaired) electrons. The lowest BCUT2D eigenvalue weighted by Crippen LogP contribution is -2.40. The molecule has 0 atom stereocenters. The molecule has 0 aliphatic carbocycles. The van der Waals surface area contributed by atoms with E-state index in [4.69, 9.17) is 9.47 Å². The van der Waals surface area contributed by atoms with Gasteiger partial charge in [0.2, 0.25) is 15.9 Å². The number of ether oxygens (including phenoxy) is 2. The van der Waals surface area contributed by atoms with E-state index < -0.39 is 10.0 Å². The molecule has 1 N–H and O–H groups in total. The van der Waals surface area contributed by atoms with Crippen molar-refractivity contribution in [1.82, 2.24) is 4.31 Å². The van der Waals surface area contributed by atoms with Crippen LogP contribution in [0.15, 0.2) is 47.4 Å². The van der Waals surface area contributed by atoms with Crippen molar-refractivity contribution in [2.45, 2.75) is 18.2 Å². The highest BCUT2D eigenvalue weighted by atomic mass is 32.2. The first kappa shape index (κ1) is 20.3. The highest BCUT2D eigenvalue weighted by Crippen LogP contribution is 2.24. The van der Waals surface area contributed by atoms with Crippen molar-refractivity contribution in [2.24, 2.45) is 0 Å². The number of amides is 1. The molecule has 1 amide bonds. The van der Waals surface area contributed by atoms with E-state index >= 15 is 0 Å². The highest BCUT2D eigenvalue weighted by Gasteiger charge is 2.26. The zero-order chi connectivity index (χ0) is 20.1. The summed E-state index contributed by atoms with van der Waals surface area (Å²) in [7, 11) is -2.03. The van der Waals surface area contributed by atoms with Crippen LogP contribution in [-0.4, -0.2) is 52.0 Å². The fraction of sp³-hybridized carbons (Fsp3) is 0.350. The molecule has 0 unspecified atom stereocenters. The maximum Gasteiger partial charge on any atom is 0.243 e. The summed E-state index contributed by atoms with van der Waals surface area (Å²) < 4.78 is 37.4. The summed E-state index contributed by atoms with van der Waals surface area (Å²) in [5.41, 5.74) is 2.13. The van der Waals surface area contributed by atoms with Crippen LogP contribution in [0, 0.1) is 6.92 Å². The maximum absolute atomic E-state index is 12.8. The maximum atomic E-state index is 12.8. The van der Waals surface area contributed by atoms with Gasteiger partial charge in [-0.3, -0.25) is 4.79 Å². The zero-order valence-electron chi connectivity index (χ0n) is 16.0. The van der Waals surface area contributed by atoms with Gasteiger partial charge in [-0.2, -0.15) is 4.31 Å². The number of methoxy groups -OCH3 is 1. The second-order valence-corrected chi connectivity index (χ2v) is 8.50. The third-order valence-electron chi connectivity index (χ3n) is 4.61. The number of nitrogens with zero attached hydrogens (tertiary/aromatic N) is 1. The van der Waals surface area contributed by atoms with Gasteiger partial charge in [-0.15, -0.1) is 0 Å². The van der Waals surface area contributed by atoms with E-state index in [-0.39, 0.29) is 17.2 Å². The number of sulfonamides is 1. The molecule has 0 bridgehead atoms. The van der Waals surface area contributed by atoms with Crippen LogP contribution in [0.3, 0.4) is 0 Å². The van der Waals surface area contributed by atoms with Crippen LogP contribution < -0.4 is 10.1 Å². The molecule has 28 heavy (non-hydrogen) atoms. The number of anilines is 1. The van der Waals surface area contributed by atoms with E-state index in [0.717, 1.165) is 16.9 Å². The van der Waals surface area contributed by atoms with Crippen molar-refractivity contribution in [3.05, 3.63) is 53.6 Å². The van der Waals surface area contributed by atoms with Gasteiger partial charge in [-0.25, -0.2) is 8.42 Å². The molecule has 0 aromatic heterocycles. The standard InChI is InChI=1S/C20H24N2O5S/c1-15-3-8-18(28(24,25)22-9-11-27-12-10-22)14-19(15)21-20(23)13-16-4-6-17(26-2)7-5-16/h3-8,14H,9-13H2,1-2H3,(H,21,23). The number of aryl methyl sites for hydroxylation is 1. The predicted octanol–water partition coefficient (Wildman–Crippen LogP) is 2.21. The third kappa shape index (κ3) is 4.70. The molecule has 3 rings (SSSR count). The van der Waals surface area contributed by atoms with Crippen LogP contribution in [0.2, 0.25) is 0 Å².